The van der Waals surface area contributed by atoms with E-state index in [1.165, 1.54) is 25.7 Å². The van der Waals surface area contributed by atoms with Gasteiger partial charge < -0.3 is 10.6 Å². The lowest BCUT2D eigenvalue weighted by molar-refractivity contribution is 0.0784. The first-order chi connectivity index (χ1) is 8.75. The van der Waals surface area contributed by atoms with Gasteiger partial charge >= 0.3 is 0 Å². The fourth-order valence-corrected chi connectivity index (χ4v) is 3.33. The molecule has 0 aromatic carbocycles. The van der Waals surface area contributed by atoms with Crippen molar-refractivity contribution >= 4 is 11.6 Å². The molecule has 1 saturated heterocycles. The van der Waals surface area contributed by atoms with Crippen molar-refractivity contribution in [3.8, 4) is 0 Å². The predicted molar refractivity (Wildman–Crippen MR) is 70.0 cm³/mol. The average molecular weight is 245 g/mol. The minimum absolute atomic E-state index is 0.0509. The number of nitrogens with zero attached hydrogens (tertiary/aromatic N) is 2. The maximum atomic E-state index is 12.4. The normalized spacial score (nSPS) is 27.0. The summed E-state index contributed by atoms with van der Waals surface area (Å²) in [5.41, 5.74) is 6.93. The highest BCUT2D eigenvalue weighted by molar-refractivity contribution is 5.98. The van der Waals surface area contributed by atoms with Crippen LogP contribution in [0, 0.1) is 11.8 Å². The number of amides is 1. The van der Waals surface area contributed by atoms with E-state index in [4.69, 9.17) is 5.73 Å². The number of carbonyl (C=O) groups is 1. The van der Waals surface area contributed by atoms with E-state index in [0.717, 1.165) is 13.1 Å². The van der Waals surface area contributed by atoms with E-state index >= 15 is 0 Å². The Labute approximate surface area is 107 Å². The Hall–Kier alpha value is -1.58. The largest absolute Gasteiger partial charge is 0.398 e. The SMILES string of the molecule is Nc1ccncc1C(=O)N1CC2CCCCC2C1. The van der Waals surface area contributed by atoms with Crippen LogP contribution < -0.4 is 5.73 Å². The van der Waals surface area contributed by atoms with E-state index in [2.05, 4.69) is 4.98 Å². The third-order valence-corrected chi connectivity index (χ3v) is 4.35. The molecule has 1 amide bonds. The number of hydrogen-bond acceptors (Lipinski definition) is 3. The maximum absolute atomic E-state index is 12.4. The van der Waals surface area contributed by atoms with Gasteiger partial charge in [0.15, 0.2) is 0 Å². The number of carbonyl (C=O) groups excluding carboxylic acids is 1. The van der Waals surface area contributed by atoms with E-state index in [1.807, 2.05) is 4.90 Å². The molecule has 4 nitrogen and oxygen atoms in total. The van der Waals surface area contributed by atoms with Crippen LogP contribution in [0.15, 0.2) is 18.5 Å². The number of anilines is 1. The molecule has 2 atom stereocenters. The number of nitrogen functional groups attached to an aromatic ring is 1. The molecule has 18 heavy (non-hydrogen) atoms. The molecule has 1 saturated carbocycles. The van der Waals surface area contributed by atoms with Gasteiger partial charge in [-0.3, -0.25) is 9.78 Å². The zero-order chi connectivity index (χ0) is 12.5. The Morgan fingerprint density at radius 1 is 1.28 bits per heavy atom. The van der Waals surface area contributed by atoms with Crippen LogP contribution in [0.5, 0.6) is 0 Å². The lowest BCUT2D eigenvalue weighted by Gasteiger charge is -2.22. The van der Waals surface area contributed by atoms with Crippen molar-refractivity contribution in [1.82, 2.24) is 9.88 Å². The van der Waals surface area contributed by atoms with E-state index in [1.54, 1.807) is 18.5 Å². The first kappa shape index (κ1) is 11.5. The van der Waals surface area contributed by atoms with Gasteiger partial charge in [-0.2, -0.15) is 0 Å². The van der Waals surface area contributed by atoms with Gasteiger partial charge in [0.25, 0.3) is 5.91 Å². The molecule has 1 aromatic rings. The number of rotatable bonds is 1. The standard InChI is InChI=1S/C14H19N3O/c15-13-5-6-16-7-12(13)14(18)17-8-10-3-1-2-4-11(10)9-17/h5-7,10-11H,1-4,8-9H2,(H2,15,16). The van der Waals surface area contributed by atoms with Crippen LogP contribution in [0.1, 0.15) is 36.0 Å². The van der Waals surface area contributed by atoms with E-state index in [9.17, 15) is 4.79 Å². The highest BCUT2D eigenvalue weighted by atomic mass is 16.2. The number of nitrogens with two attached hydrogens (primary N) is 1. The zero-order valence-corrected chi connectivity index (χ0v) is 10.5. The molecule has 1 aromatic heterocycles. The van der Waals surface area contributed by atoms with Crippen LogP contribution in [-0.2, 0) is 0 Å². The molecular formula is C14H19N3O. The molecule has 2 fully saturated rings. The van der Waals surface area contributed by atoms with Crippen molar-refractivity contribution in [2.75, 3.05) is 18.8 Å². The van der Waals surface area contributed by atoms with Crippen LogP contribution in [0.3, 0.4) is 0 Å². The van der Waals surface area contributed by atoms with E-state index in [0.29, 0.717) is 23.1 Å². The van der Waals surface area contributed by atoms with Crippen molar-refractivity contribution in [2.24, 2.45) is 11.8 Å². The quantitative estimate of drug-likeness (QED) is 0.822. The Morgan fingerprint density at radius 2 is 1.94 bits per heavy atom. The fourth-order valence-electron chi connectivity index (χ4n) is 3.33. The molecule has 1 aliphatic carbocycles. The number of aromatic nitrogens is 1. The molecule has 4 heteroatoms. The Kier molecular flexibility index (Phi) is 2.94. The third-order valence-electron chi connectivity index (χ3n) is 4.35. The van der Waals surface area contributed by atoms with Gasteiger partial charge in [0.2, 0.25) is 0 Å². The van der Waals surface area contributed by atoms with Gasteiger partial charge in [-0.15, -0.1) is 0 Å². The summed E-state index contributed by atoms with van der Waals surface area (Å²) in [7, 11) is 0. The van der Waals surface area contributed by atoms with Gasteiger partial charge in [0.1, 0.15) is 0 Å². The second-order valence-corrected chi connectivity index (χ2v) is 5.48. The molecule has 0 radical (unpaired) electrons. The van der Waals surface area contributed by atoms with Crippen molar-refractivity contribution in [3.63, 3.8) is 0 Å². The van der Waals surface area contributed by atoms with Crippen LogP contribution in [0.4, 0.5) is 5.69 Å². The Balaban J connectivity index is 1.76. The highest BCUT2D eigenvalue weighted by Gasteiger charge is 2.36. The summed E-state index contributed by atoms with van der Waals surface area (Å²) in [4.78, 5) is 18.4. The first-order valence-corrected chi connectivity index (χ1v) is 6.74. The predicted octanol–water partition coefficient (Wildman–Crippen LogP) is 1.93. The zero-order valence-electron chi connectivity index (χ0n) is 10.5. The Morgan fingerprint density at radius 3 is 2.56 bits per heavy atom. The fraction of sp³-hybridized carbons (Fsp3) is 0.571. The maximum Gasteiger partial charge on any atom is 0.257 e. The van der Waals surface area contributed by atoms with E-state index in [-0.39, 0.29) is 5.91 Å². The van der Waals surface area contributed by atoms with Crippen LogP contribution >= 0.6 is 0 Å². The summed E-state index contributed by atoms with van der Waals surface area (Å²) in [6, 6.07) is 1.69. The van der Waals surface area contributed by atoms with Gasteiger partial charge in [-0.25, -0.2) is 0 Å². The van der Waals surface area contributed by atoms with Crippen LogP contribution in [0.2, 0.25) is 0 Å². The lowest BCUT2D eigenvalue weighted by atomic mass is 9.82. The van der Waals surface area contributed by atoms with Gasteiger partial charge in [-0.1, -0.05) is 12.8 Å². The molecule has 1 aliphatic heterocycles. The second kappa shape index (κ2) is 4.59. The van der Waals surface area contributed by atoms with Crippen molar-refractivity contribution in [1.29, 1.82) is 0 Å². The molecular weight excluding hydrogens is 226 g/mol. The summed E-state index contributed by atoms with van der Waals surface area (Å²) >= 11 is 0. The molecule has 2 aliphatic rings. The number of likely N-dealkylation sites (tertiary alicyclic amines) is 1. The van der Waals surface area contributed by atoms with Crippen molar-refractivity contribution in [2.45, 2.75) is 25.7 Å². The topological polar surface area (TPSA) is 59.2 Å². The number of hydrogen-bond donors (Lipinski definition) is 1. The number of pyridine rings is 1. The molecule has 0 bridgehead atoms. The van der Waals surface area contributed by atoms with Crippen molar-refractivity contribution < 1.29 is 4.79 Å². The molecule has 3 rings (SSSR count). The Bertz CT molecular complexity index is 446. The smallest absolute Gasteiger partial charge is 0.257 e. The summed E-state index contributed by atoms with van der Waals surface area (Å²) in [6.45, 7) is 1.80. The highest BCUT2D eigenvalue weighted by Crippen LogP contribution is 2.36. The third kappa shape index (κ3) is 1.96. The minimum atomic E-state index is 0.0509. The lowest BCUT2D eigenvalue weighted by Crippen LogP contribution is -2.29. The van der Waals surface area contributed by atoms with Gasteiger partial charge in [0.05, 0.1) is 5.56 Å². The van der Waals surface area contributed by atoms with Crippen molar-refractivity contribution in [3.05, 3.63) is 24.0 Å². The molecule has 0 spiro atoms. The van der Waals surface area contributed by atoms with Gasteiger partial charge in [-0.05, 0) is 30.7 Å². The van der Waals surface area contributed by atoms with Crippen LogP contribution in [0.25, 0.3) is 0 Å². The minimum Gasteiger partial charge on any atom is -0.398 e. The summed E-state index contributed by atoms with van der Waals surface area (Å²) in [5, 5.41) is 0. The van der Waals surface area contributed by atoms with E-state index < -0.39 is 0 Å². The average Bonchev–Trinajstić information content (AvgIpc) is 2.82. The second-order valence-electron chi connectivity index (χ2n) is 5.48. The summed E-state index contributed by atoms with van der Waals surface area (Å²) < 4.78 is 0. The molecule has 2 heterocycles. The number of fused-ring (bicyclic) bond motifs is 1. The van der Waals surface area contributed by atoms with Crippen LogP contribution in [-0.4, -0.2) is 28.9 Å². The summed E-state index contributed by atoms with van der Waals surface area (Å²) in [5.74, 6) is 1.47. The summed E-state index contributed by atoms with van der Waals surface area (Å²) in [6.07, 6.45) is 8.39. The molecule has 96 valence electrons. The molecule has 2 N–H and O–H groups in total. The monoisotopic (exact) mass is 245 g/mol. The first-order valence-electron chi connectivity index (χ1n) is 6.74. The van der Waals surface area contributed by atoms with Gasteiger partial charge in [0, 0.05) is 31.2 Å². The molecule has 2 unspecified atom stereocenters.